The van der Waals surface area contributed by atoms with Gasteiger partial charge in [0.2, 0.25) is 5.55 Å². The van der Waals surface area contributed by atoms with E-state index in [4.69, 9.17) is 20.8 Å². The maximum Gasteiger partial charge on any atom is 0.262 e. The van der Waals surface area contributed by atoms with Crippen LogP contribution in [-0.4, -0.2) is 18.0 Å². The lowest BCUT2D eigenvalue weighted by Gasteiger charge is -2.08. The first-order valence-electron chi connectivity index (χ1n) is 8.36. The fourth-order valence-corrected chi connectivity index (χ4v) is 3.35. The zero-order valence-electron chi connectivity index (χ0n) is 15.0. The Hall–Kier alpha value is -3.23. The number of amides is 1. The van der Waals surface area contributed by atoms with Crippen LogP contribution in [0.4, 0.5) is 15.2 Å². The van der Waals surface area contributed by atoms with Gasteiger partial charge in [0.1, 0.15) is 11.4 Å². The van der Waals surface area contributed by atoms with Crippen molar-refractivity contribution in [2.75, 3.05) is 12.4 Å². The molecule has 29 heavy (non-hydrogen) atoms. The number of ether oxygens (including phenoxy) is 1. The summed E-state index contributed by atoms with van der Waals surface area (Å²) in [5.74, 6) is -0.521. The molecule has 4 aromatic rings. The van der Waals surface area contributed by atoms with Crippen molar-refractivity contribution >= 4 is 50.6 Å². The number of nitrogens with one attached hydrogen (secondary N) is 1. The molecule has 2 heterocycles. The number of para-hydroxylation sites is 1. The van der Waals surface area contributed by atoms with Crippen LogP contribution in [0.2, 0.25) is 5.02 Å². The average Bonchev–Trinajstić information content (AvgIpc) is 3.22. The number of methoxy groups -OCH3 is 1. The van der Waals surface area contributed by atoms with Gasteiger partial charge >= 0.3 is 0 Å². The smallest absolute Gasteiger partial charge is 0.262 e. The number of fused-ring (bicyclic) bond motifs is 1. The Morgan fingerprint density at radius 3 is 2.90 bits per heavy atom. The van der Waals surface area contributed by atoms with Crippen molar-refractivity contribution in [1.82, 2.24) is 4.98 Å². The number of carbonyl (C=O) groups excluding carboxylic acids is 1. The number of aromatic nitrogens is 1. The summed E-state index contributed by atoms with van der Waals surface area (Å²) in [5, 5.41) is 5.47. The third-order valence-electron chi connectivity index (χ3n) is 3.99. The molecule has 9 heteroatoms. The van der Waals surface area contributed by atoms with Crippen LogP contribution in [0.1, 0.15) is 10.4 Å². The summed E-state index contributed by atoms with van der Waals surface area (Å²) in [6, 6.07) is 10.9. The number of rotatable bonds is 4. The van der Waals surface area contributed by atoms with E-state index in [1.54, 1.807) is 35.8 Å². The molecular weight excluding hydrogens is 417 g/mol. The third kappa shape index (κ3) is 3.98. The lowest BCUT2D eigenvalue weighted by atomic mass is 10.1. The lowest BCUT2D eigenvalue weighted by Crippen LogP contribution is -2.21. The molecular formula is C20H13ClFN3O3S. The molecule has 0 bridgehead atoms. The van der Waals surface area contributed by atoms with Crippen LogP contribution in [0.25, 0.3) is 11.0 Å². The van der Waals surface area contributed by atoms with Crippen molar-refractivity contribution < 1.29 is 18.3 Å². The van der Waals surface area contributed by atoms with E-state index in [2.05, 4.69) is 15.3 Å². The number of hydrogen-bond acceptors (Lipinski definition) is 6. The first kappa shape index (κ1) is 19.1. The minimum atomic E-state index is -0.565. The third-order valence-corrected chi connectivity index (χ3v) is 4.97. The highest BCUT2D eigenvalue weighted by Crippen LogP contribution is 2.26. The molecule has 0 radical (unpaired) electrons. The minimum absolute atomic E-state index is 0.0266. The summed E-state index contributed by atoms with van der Waals surface area (Å²) in [6.07, 6.45) is 1.59. The normalized spacial score (nSPS) is 11.6. The fourth-order valence-electron chi connectivity index (χ4n) is 2.65. The summed E-state index contributed by atoms with van der Waals surface area (Å²) in [6.45, 7) is 0. The molecule has 2 aromatic heterocycles. The molecule has 0 aliphatic carbocycles. The van der Waals surface area contributed by atoms with Crippen LogP contribution in [0.3, 0.4) is 0 Å². The topological polar surface area (TPSA) is 76.7 Å². The molecule has 0 atom stereocenters. The zero-order chi connectivity index (χ0) is 20.4. The Bertz CT molecular complexity index is 1270. The summed E-state index contributed by atoms with van der Waals surface area (Å²) in [5.41, 5.74) is 0.964. The van der Waals surface area contributed by atoms with Gasteiger partial charge in [-0.2, -0.15) is 0 Å². The van der Waals surface area contributed by atoms with Crippen molar-refractivity contribution in [3.8, 4) is 5.75 Å². The van der Waals surface area contributed by atoms with Crippen LogP contribution >= 0.6 is 22.9 Å². The van der Waals surface area contributed by atoms with E-state index in [0.717, 1.165) is 0 Å². The molecule has 0 spiro atoms. The van der Waals surface area contributed by atoms with Crippen molar-refractivity contribution in [3.63, 3.8) is 0 Å². The molecule has 0 aliphatic rings. The lowest BCUT2D eigenvalue weighted by molar-refractivity contribution is 0.102. The highest BCUT2D eigenvalue weighted by molar-refractivity contribution is 7.13. The highest BCUT2D eigenvalue weighted by Gasteiger charge is 2.16. The Labute approximate surface area is 173 Å². The predicted octanol–water partition coefficient (Wildman–Crippen LogP) is 5.18. The molecule has 0 saturated heterocycles. The van der Waals surface area contributed by atoms with E-state index in [9.17, 15) is 9.18 Å². The van der Waals surface area contributed by atoms with Gasteiger partial charge in [-0.3, -0.25) is 10.1 Å². The summed E-state index contributed by atoms with van der Waals surface area (Å²) >= 11 is 7.13. The number of carbonyl (C=O) groups is 1. The second-order valence-corrected chi connectivity index (χ2v) is 7.15. The number of halogens is 2. The van der Waals surface area contributed by atoms with E-state index in [1.807, 2.05) is 0 Å². The Morgan fingerprint density at radius 1 is 1.31 bits per heavy atom. The highest BCUT2D eigenvalue weighted by atomic mass is 35.5. The first-order chi connectivity index (χ1) is 14.0. The molecule has 146 valence electrons. The number of benzene rings is 2. The van der Waals surface area contributed by atoms with E-state index in [-0.39, 0.29) is 16.1 Å². The first-order valence-corrected chi connectivity index (χ1v) is 9.62. The van der Waals surface area contributed by atoms with Crippen LogP contribution in [0.15, 0.2) is 63.5 Å². The largest absolute Gasteiger partial charge is 0.493 e. The van der Waals surface area contributed by atoms with Crippen molar-refractivity contribution in [1.29, 1.82) is 0 Å². The quantitative estimate of drug-likeness (QED) is 0.485. The minimum Gasteiger partial charge on any atom is -0.493 e. The maximum atomic E-state index is 13.5. The number of anilines is 1. The van der Waals surface area contributed by atoms with E-state index < -0.39 is 11.7 Å². The van der Waals surface area contributed by atoms with Gasteiger partial charge in [0.15, 0.2) is 16.5 Å². The number of thiazole rings is 1. The Balaban J connectivity index is 1.92. The Kier molecular flexibility index (Phi) is 5.28. The van der Waals surface area contributed by atoms with Crippen LogP contribution in [0.5, 0.6) is 5.75 Å². The van der Waals surface area contributed by atoms with Gasteiger partial charge in [-0.15, -0.1) is 11.3 Å². The molecule has 6 nitrogen and oxygen atoms in total. The zero-order valence-corrected chi connectivity index (χ0v) is 16.6. The van der Waals surface area contributed by atoms with Gasteiger partial charge in [-0.05, 0) is 30.3 Å². The van der Waals surface area contributed by atoms with Crippen molar-refractivity contribution in [2.24, 2.45) is 4.99 Å². The van der Waals surface area contributed by atoms with Gasteiger partial charge < -0.3 is 9.15 Å². The molecule has 0 saturated carbocycles. The second-order valence-electron chi connectivity index (χ2n) is 5.85. The van der Waals surface area contributed by atoms with Crippen LogP contribution < -0.4 is 15.6 Å². The number of nitrogens with zero attached hydrogens (tertiary/aromatic N) is 2. The van der Waals surface area contributed by atoms with Crippen molar-refractivity contribution in [3.05, 3.63) is 76.0 Å². The maximum absolute atomic E-state index is 13.5. The Morgan fingerprint density at radius 2 is 2.17 bits per heavy atom. The van der Waals surface area contributed by atoms with Crippen LogP contribution in [-0.2, 0) is 0 Å². The number of hydrogen-bond donors (Lipinski definition) is 1. The van der Waals surface area contributed by atoms with Gasteiger partial charge in [0.25, 0.3) is 5.91 Å². The monoisotopic (exact) mass is 429 g/mol. The molecule has 0 fully saturated rings. The van der Waals surface area contributed by atoms with E-state index >= 15 is 0 Å². The molecule has 0 aliphatic heterocycles. The predicted molar refractivity (Wildman–Crippen MR) is 109 cm³/mol. The molecule has 4 rings (SSSR count). The molecule has 2 aromatic carbocycles. The van der Waals surface area contributed by atoms with Gasteiger partial charge in [0, 0.05) is 17.0 Å². The molecule has 1 amide bonds. The second kappa shape index (κ2) is 8.02. The standard InChI is InChI=1S/C20H13ClFN3O3S/c1-27-16-4-2-3-11-9-13(18(26)25-20-23-7-8-29-20)19(28-17(11)16)24-12-5-6-15(22)14(21)10-12/h2-10H,1H3,(H,23,25,26). The van der Waals surface area contributed by atoms with E-state index in [1.165, 1.54) is 36.6 Å². The average molecular weight is 430 g/mol. The van der Waals surface area contributed by atoms with Gasteiger partial charge in [0.05, 0.1) is 17.8 Å². The summed E-state index contributed by atoms with van der Waals surface area (Å²) in [4.78, 5) is 21.3. The summed E-state index contributed by atoms with van der Waals surface area (Å²) in [7, 11) is 1.52. The summed E-state index contributed by atoms with van der Waals surface area (Å²) < 4.78 is 24.7. The van der Waals surface area contributed by atoms with Gasteiger partial charge in [-0.1, -0.05) is 23.7 Å². The molecule has 1 N–H and O–H groups in total. The SMILES string of the molecule is COc1cccc2cc(C(=O)Nc3nccs3)c(=Nc3ccc(F)c(Cl)c3)oc12. The molecule has 0 unspecified atom stereocenters. The van der Waals surface area contributed by atoms with E-state index in [0.29, 0.717) is 27.5 Å². The van der Waals surface area contributed by atoms with Crippen LogP contribution in [0, 0.1) is 5.82 Å². The fraction of sp³-hybridized carbons (Fsp3) is 0.0500. The van der Waals surface area contributed by atoms with Crippen molar-refractivity contribution in [2.45, 2.75) is 0 Å². The van der Waals surface area contributed by atoms with Gasteiger partial charge in [-0.25, -0.2) is 14.4 Å².